The number of aryl methyl sites for hydroxylation is 3. The first-order chi connectivity index (χ1) is 67.4. The Morgan fingerprint density at radius 1 is 0.462 bits per heavy atom. The van der Waals surface area contributed by atoms with Crippen LogP contribution >= 0.6 is 0 Å². The molecule has 10 rings (SSSR count). The Morgan fingerprint density at radius 3 is 1.06 bits per heavy atom. The molecule has 3 aromatic heterocycles. The number of H-pyrrole nitrogens is 3. The first-order valence-electron chi connectivity index (χ1n) is 48.6. The number of alkyl carbamates (subject to hydrolysis) is 2. The SMILES string of the molecule is CC(=O)OC1C[C@H](n2cc(C)c(=O)[nH]c2=O)O[C@@H]1CO.CC(=O)OC1C[C@H](n2cc(C)c(=O)[nH]c2=O)O[C@@H]1CO[Si](OCCCCCCNC(=O)OCC1[C@H]2CCC#CCC[C@@H]12)(C(C)C)C(C)C.CC(=O)OC1C[C@H](n2cc(C)c(=O)[nH]c2=O)O[C@@H]1CO[Si](OS(=O)(=O)C(F)(F)F)(C(C)C)C(C)C.CC(C)[Si](C)(OS(=O)(=O)C(F)(F)F)C(C)C.CO.C[O-].O=C(NCCCCCCO)OCC1[C@H]2CCC#CCC[C@@H]12.[Na+]. The van der Waals surface area contributed by atoms with Crippen LogP contribution < -0.4 is 79.0 Å². The number of fused-ring (bicyclic) bond motifs is 2. The summed E-state index contributed by atoms with van der Waals surface area (Å²) in [5.41, 5.74) is -15.1. The summed E-state index contributed by atoms with van der Waals surface area (Å²) in [5.74, 6) is 15.0. The van der Waals surface area contributed by atoms with E-state index in [1.807, 2.05) is 0 Å². The molecule has 5 unspecified atom stereocenters. The number of aliphatic hydroxyl groups is 3. The van der Waals surface area contributed by atoms with Gasteiger partial charge in [0.15, 0.2) is 0 Å². The number of amides is 2. The van der Waals surface area contributed by atoms with Gasteiger partial charge in [-0.25, -0.2) is 24.0 Å². The summed E-state index contributed by atoms with van der Waals surface area (Å²) in [6, 6.07) is 0. The molecule has 40 nitrogen and oxygen atoms in total. The van der Waals surface area contributed by atoms with Crippen LogP contribution in [0.5, 0.6) is 0 Å². The molecule has 2 saturated carbocycles. The number of alkyl halides is 6. The van der Waals surface area contributed by atoms with Crippen LogP contribution in [-0.4, -0.2) is 238 Å². The van der Waals surface area contributed by atoms with Crippen molar-refractivity contribution in [3.63, 3.8) is 0 Å². The second kappa shape index (κ2) is 61.9. The van der Waals surface area contributed by atoms with E-state index in [1.54, 1.807) is 41.5 Å². The van der Waals surface area contributed by atoms with E-state index in [9.17, 15) is 101 Å². The van der Waals surface area contributed by atoms with Gasteiger partial charge < -0.3 is 86.1 Å². The number of carbonyl (C=O) groups is 5. The molecule has 8 N–H and O–H groups in total. The predicted molar refractivity (Wildman–Crippen MR) is 521 cm³/mol. The number of carbonyl (C=O) groups excluding carboxylic acids is 5. The summed E-state index contributed by atoms with van der Waals surface area (Å²) in [7, 11) is -19.5. The summed E-state index contributed by atoms with van der Waals surface area (Å²) < 4.78 is 198. The van der Waals surface area contributed by atoms with E-state index >= 15 is 0 Å². The molecular formula is C93H151F6N8NaO32S2Si3. The Labute approximate surface area is 868 Å². The van der Waals surface area contributed by atoms with Crippen molar-refractivity contribution >= 4 is 75.8 Å². The van der Waals surface area contributed by atoms with Gasteiger partial charge in [-0.05, 0) is 147 Å². The molecule has 0 radical (unpaired) electrons. The average molecular weight is 2180 g/mol. The van der Waals surface area contributed by atoms with Crippen LogP contribution in [-0.2, 0) is 93.5 Å². The Balaban J connectivity index is 0.000000488. The normalized spacial score (nSPS) is 22.6. The van der Waals surface area contributed by atoms with Gasteiger partial charge >= 0.3 is 125 Å². The zero-order chi connectivity index (χ0) is 109. The number of nitrogens with zero attached hydrogens (tertiary/aromatic N) is 3. The number of hydrogen-bond acceptors (Lipinski definition) is 32. The third-order valence-electron chi connectivity index (χ3n) is 26.1. The van der Waals surface area contributed by atoms with Gasteiger partial charge in [-0.1, -0.05) is 109 Å². The number of hydrogen-bond donors (Lipinski definition) is 8. The van der Waals surface area contributed by atoms with Crippen LogP contribution in [0.25, 0.3) is 0 Å². The average Bonchev–Trinajstić information content (AvgIpc) is 1.61. The van der Waals surface area contributed by atoms with Gasteiger partial charge in [0.05, 0.1) is 33.0 Å². The standard InChI is InChI=1S/C35H55N3O9Si.C19H29F3N2O9SSi.C17H27NO3.C12H16N2O6.C8H17F3O3SSi.CH4O.CH3O.Na/c1-23(2)48(24(3)4,45-22-31-30(46-26(6)39)19-32(47-31)38-20-25(5)33(40)37-34(38)41)44-18-14-10-9-13-17-36-35(42)43-21-29-27-15-11-7-8-12-16-28(27)29;1-10(2)35(11(3)4,33-34(28,29)19(20,21)22)30-9-15-14(31-13(6)25)7-16(32-15)24-8-12(5)17(26)23-18(24)27;19-12-8-4-3-7-11-18-17(20)21-13-16-14-9-5-1-2-6-10-15(14)16;1-6-4-14(12(18)13-11(6)17)10-3-8(19-7(2)16)9(5-15)20-10;1-6(2)16(5,7(3)4)14-15(12,13)8(9,10)11;2*1-2;/h20,23-24,27-32H,9-19,21-22H2,1-6H3,(H,36,42)(H,37,40,41);8,10-11,14-16H,7,9H2,1-6H3,(H,23,26,27);14-16,19H,3-13H2,(H,18,20);4,8-10,15H,3,5H2,1-2H3,(H,13,17,18);6-7H,1-5H3;2H,1H3;1H3;/q;;;;;;-1;+1/t27-,28+,29?,30?,31-,32-;14?,15-,16-;14-,15+,16?;8?,9-,10-;;;;/m11.1..../s1. The number of nitrogens with one attached hydrogen (secondary N) is 5. The van der Waals surface area contributed by atoms with Crippen LogP contribution in [0.1, 0.15) is 261 Å². The maximum atomic E-state index is 13.1. The minimum absolute atomic E-state index is 0. The molecule has 3 saturated heterocycles. The third-order valence-corrected chi connectivity index (χ3v) is 44.4. The Bertz CT molecular complexity index is 5270. The molecule has 3 aromatic rings. The molecule has 52 heteroatoms. The molecule has 0 spiro atoms. The Morgan fingerprint density at radius 2 is 0.759 bits per heavy atom. The van der Waals surface area contributed by atoms with Gasteiger partial charge in [0.25, 0.3) is 16.7 Å². The van der Waals surface area contributed by atoms with Gasteiger partial charge in [0.2, 0.25) is 8.32 Å². The molecule has 6 heterocycles. The minimum atomic E-state index is -5.96. The largest absolute Gasteiger partial charge is 1.00 e. The quantitative estimate of drug-likeness (QED) is 0.00509. The number of halogens is 6. The number of aromatic nitrogens is 6. The monoisotopic (exact) mass is 2180 g/mol. The van der Waals surface area contributed by atoms with Gasteiger partial charge in [-0.15, -0.1) is 23.7 Å². The zero-order valence-electron chi connectivity index (χ0n) is 87.3. The van der Waals surface area contributed by atoms with Crippen LogP contribution in [0.2, 0.25) is 39.8 Å². The van der Waals surface area contributed by atoms with E-state index in [0.717, 1.165) is 140 Å². The Kier molecular flexibility index (Phi) is 56.3. The van der Waals surface area contributed by atoms with E-state index < -0.39 is 181 Å². The molecule has 2 amide bonds. The van der Waals surface area contributed by atoms with Crippen LogP contribution in [0.4, 0.5) is 35.9 Å². The summed E-state index contributed by atoms with van der Waals surface area (Å²) in [6.45, 7) is 33.5. The third kappa shape index (κ3) is 40.1. The topological polar surface area (TPSA) is 546 Å². The van der Waals surface area contributed by atoms with E-state index in [1.165, 1.54) is 82.7 Å². The van der Waals surface area contributed by atoms with Gasteiger partial charge in [0.1, 0.15) is 55.3 Å². The molecule has 7 aliphatic rings. The number of rotatable bonds is 41. The summed E-state index contributed by atoms with van der Waals surface area (Å²) in [5, 5.41) is 38.8. The molecule has 15 atom stereocenters. The van der Waals surface area contributed by atoms with Crippen LogP contribution in [0.3, 0.4) is 0 Å². The fourth-order valence-electron chi connectivity index (χ4n) is 17.7. The van der Waals surface area contributed by atoms with Crippen molar-refractivity contribution in [3.05, 3.63) is 97.8 Å². The van der Waals surface area contributed by atoms with Crippen molar-refractivity contribution < 1.29 is 176 Å². The van der Waals surface area contributed by atoms with Gasteiger partial charge in [-0.3, -0.25) is 61.3 Å². The van der Waals surface area contributed by atoms with Gasteiger partial charge in [0, 0.05) is 134 Å². The van der Waals surface area contributed by atoms with Crippen molar-refractivity contribution in [2.45, 2.75) is 353 Å². The maximum absolute atomic E-state index is 13.1. The smallest absolute Gasteiger partial charge is 0.857 e. The zero-order valence-corrected chi connectivity index (χ0v) is 93.9. The second-order valence-corrected chi connectivity index (χ2v) is 55.2. The molecule has 145 heavy (non-hydrogen) atoms. The van der Waals surface area contributed by atoms with E-state index in [2.05, 4.69) is 80.8 Å². The fourth-order valence-corrected chi connectivity index (χ4v) is 32.3. The van der Waals surface area contributed by atoms with Crippen LogP contribution in [0.15, 0.2) is 47.4 Å². The first kappa shape index (κ1) is 132. The van der Waals surface area contributed by atoms with Crippen molar-refractivity contribution in [1.82, 2.24) is 39.3 Å². The first-order valence-corrected chi connectivity index (χ1v) is 57.9. The van der Waals surface area contributed by atoms with Crippen molar-refractivity contribution in [1.29, 1.82) is 0 Å². The molecular weight excluding hydrogens is 2030 g/mol. The molecule has 0 bridgehead atoms. The van der Waals surface area contributed by atoms with E-state index in [0.29, 0.717) is 67.7 Å². The van der Waals surface area contributed by atoms with Crippen molar-refractivity contribution in [2.75, 3.05) is 73.6 Å². The predicted octanol–water partition coefficient (Wildman–Crippen LogP) is 7.89. The molecule has 0 aromatic carbocycles. The maximum Gasteiger partial charge on any atom is 1.00 e. The number of ether oxygens (including phenoxy) is 8. The van der Waals surface area contributed by atoms with E-state index in [-0.39, 0.29) is 109 Å². The van der Waals surface area contributed by atoms with Gasteiger partial charge in [-0.2, -0.15) is 50.3 Å². The molecule has 5 fully saturated rings. The molecule has 4 aliphatic carbocycles. The number of esters is 3. The van der Waals surface area contributed by atoms with E-state index in [4.69, 9.17) is 70.4 Å². The number of unbranched alkanes of at least 4 members (excludes halogenated alkanes) is 6. The second-order valence-electron chi connectivity index (χ2n) is 38.1. The minimum Gasteiger partial charge on any atom is -0.857 e. The summed E-state index contributed by atoms with van der Waals surface area (Å²) in [6.07, 6.45) is 12.9. The van der Waals surface area contributed by atoms with Crippen molar-refractivity contribution in [3.8, 4) is 23.7 Å². The summed E-state index contributed by atoms with van der Waals surface area (Å²) >= 11 is 0. The molecule has 822 valence electrons. The fraction of sp³-hybridized carbons (Fsp3) is 0.774. The Hall–Kier alpha value is -7.24. The number of aromatic amines is 3. The van der Waals surface area contributed by atoms with Crippen LogP contribution in [0, 0.1) is 80.0 Å². The molecule has 3 aliphatic heterocycles. The van der Waals surface area contributed by atoms with Crippen molar-refractivity contribution in [2.24, 2.45) is 35.5 Å². The summed E-state index contributed by atoms with van der Waals surface area (Å²) in [4.78, 5) is 136. The number of aliphatic hydroxyl groups excluding tert-OH is 3.